The monoisotopic (exact) mass is 510 g/mol. The SMILES string of the molecule is COc1ccc2c(C(=O)N3CC(CN4CCC(c5ccccc5)CC4)C(c4ccsc4)C3)cccc2c1. The Labute approximate surface area is 223 Å². The van der Waals surface area contributed by atoms with Gasteiger partial charge in [-0.1, -0.05) is 42.5 Å². The van der Waals surface area contributed by atoms with Crippen molar-refractivity contribution in [2.24, 2.45) is 5.92 Å². The molecule has 3 heterocycles. The van der Waals surface area contributed by atoms with E-state index in [1.807, 2.05) is 30.3 Å². The lowest BCUT2D eigenvalue weighted by atomic mass is 9.87. The summed E-state index contributed by atoms with van der Waals surface area (Å²) in [4.78, 5) is 18.6. The molecule has 0 aliphatic carbocycles. The van der Waals surface area contributed by atoms with E-state index in [-0.39, 0.29) is 5.91 Å². The molecule has 1 amide bonds. The van der Waals surface area contributed by atoms with Gasteiger partial charge in [-0.25, -0.2) is 0 Å². The third-order valence-corrected chi connectivity index (χ3v) is 9.07. The first-order valence-electron chi connectivity index (χ1n) is 13.3. The number of carbonyl (C=O) groups excluding carboxylic acids is 1. The molecule has 2 aliphatic heterocycles. The maximum Gasteiger partial charge on any atom is 0.254 e. The lowest BCUT2D eigenvalue weighted by Gasteiger charge is -2.34. The van der Waals surface area contributed by atoms with Crippen molar-refractivity contribution < 1.29 is 9.53 Å². The molecule has 1 aromatic heterocycles. The zero-order chi connectivity index (χ0) is 25.2. The van der Waals surface area contributed by atoms with E-state index in [1.165, 1.54) is 24.0 Å². The molecule has 2 fully saturated rings. The van der Waals surface area contributed by atoms with Gasteiger partial charge in [0.1, 0.15) is 5.75 Å². The summed E-state index contributed by atoms with van der Waals surface area (Å²) in [5.74, 6) is 2.45. The number of methoxy groups -OCH3 is 1. The van der Waals surface area contributed by atoms with E-state index in [1.54, 1.807) is 18.4 Å². The van der Waals surface area contributed by atoms with Crippen molar-refractivity contribution in [3.05, 3.63) is 100 Å². The number of ether oxygens (including phenoxy) is 1. The minimum atomic E-state index is 0.140. The van der Waals surface area contributed by atoms with Gasteiger partial charge in [-0.2, -0.15) is 11.3 Å². The third-order valence-electron chi connectivity index (χ3n) is 8.37. The standard InChI is InChI=1S/C32H34N2O2S/c1-36-28-10-11-29-25(18-28)8-5-9-30(29)32(35)34-20-27(31(21-34)26-14-17-37-22-26)19-33-15-12-24(13-16-33)23-6-3-2-4-7-23/h2-11,14,17-18,22,24,27,31H,12-13,15-16,19-21H2,1H3. The molecule has 37 heavy (non-hydrogen) atoms. The van der Waals surface area contributed by atoms with Crippen LogP contribution in [0.2, 0.25) is 0 Å². The minimum absolute atomic E-state index is 0.140. The Kier molecular flexibility index (Phi) is 6.99. The van der Waals surface area contributed by atoms with Crippen LogP contribution in [0.4, 0.5) is 0 Å². The van der Waals surface area contributed by atoms with Crippen LogP contribution in [0, 0.1) is 5.92 Å². The van der Waals surface area contributed by atoms with Gasteiger partial charge in [0.25, 0.3) is 5.91 Å². The van der Waals surface area contributed by atoms with E-state index in [0.717, 1.165) is 54.8 Å². The molecule has 0 radical (unpaired) electrons. The van der Waals surface area contributed by atoms with Crippen LogP contribution in [0.15, 0.2) is 83.6 Å². The summed E-state index contributed by atoms with van der Waals surface area (Å²) in [6.07, 6.45) is 2.42. The number of nitrogens with zero attached hydrogens (tertiary/aromatic N) is 2. The molecule has 4 aromatic rings. The van der Waals surface area contributed by atoms with E-state index >= 15 is 0 Å². The highest BCUT2D eigenvalue weighted by atomic mass is 32.1. The molecule has 2 saturated heterocycles. The quantitative estimate of drug-likeness (QED) is 0.291. The highest BCUT2D eigenvalue weighted by Crippen LogP contribution is 2.37. The van der Waals surface area contributed by atoms with E-state index < -0.39 is 0 Å². The summed E-state index contributed by atoms with van der Waals surface area (Å²) in [5, 5.41) is 6.47. The predicted octanol–water partition coefficient (Wildman–Crippen LogP) is 6.65. The van der Waals surface area contributed by atoms with Crippen molar-refractivity contribution >= 4 is 28.0 Å². The van der Waals surface area contributed by atoms with Crippen LogP contribution in [0.5, 0.6) is 5.75 Å². The molecular weight excluding hydrogens is 476 g/mol. The van der Waals surface area contributed by atoms with Gasteiger partial charge in [0, 0.05) is 31.1 Å². The summed E-state index contributed by atoms with van der Waals surface area (Å²) >= 11 is 1.75. The first-order valence-corrected chi connectivity index (χ1v) is 14.3. The van der Waals surface area contributed by atoms with Gasteiger partial charge in [-0.05, 0) is 101 Å². The summed E-state index contributed by atoms with van der Waals surface area (Å²) in [7, 11) is 1.68. The number of rotatable bonds is 6. The first-order chi connectivity index (χ1) is 18.2. The maximum atomic E-state index is 13.9. The molecule has 0 bridgehead atoms. The zero-order valence-corrected chi connectivity index (χ0v) is 22.2. The number of benzene rings is 3. The topological polar surface area (TPSA) is 32.8 Å². The number of thiophene rings is 1. The first kappa shape index (κ1) is 24.2. The van der Waals surface area contributed by atoms with Crippen molar-refractivity contribution in [1.29, 1.82) is 0 Å². The summed E-state index contributed by atoms with van der Waals surface area (Å²) in [6.45, 7) is 4.91. The van der Waals surface area contributed by atoms with Crippen LogP contribution < -0.4 is 4.74 Å². The molecule has 2 aliphatic rings. The molecule has 2 atom stereocenters. The fourth-order valence-electron chi connectivity index (χ4n) is 6.34. The maximum absolute atomic E-state index is 13.9. The molecule has 6 rings (SSSR count). The summed E-state index contributed by atoms with van der Waals surface area (Å²) in [5.41, 5.74) is 3.64. The zero-order valence-electron chi connectivity index (χ0n) is 21.4. The molecule has 0 N–H and O–H groups in total. The van der Waals surface area contributed by atoms with Crippen molar-refractivity contribution in [3.8, 4) is 5.75 Å². The number of hydrogen-bond acceptors (Lipinski definition) is 4. The van der Waals surface area contributed by atoms with E-state index in [2.05, 4.69) is 63.0 Å². The lowest BCUT2D eigenvalue weighted by molar-refractivity contribution is 0.0783. The summed E-state index contributed by atoms with van der Waals surface area (Å²) < 4.78 is 5.40. The van der Waals surface area contributed by atoms with Gasteiger partial charge in [-0.15, -0.1) is 0 Å². The van der Waals surface area contributed by atoms with Crippen LogP contribution >= 0.6 is 11.3 Å². The van der Waals surface area contributed by atoms with Crippen LogP contribution in [0.25, 0.3) is 10.8 Å². The smallest absolute Gasteiger partial charge is 0.254 e. The highest BCUT2D eigenvalue weighted by Gasteiger charge is 2.38. The van der Waals surface area contributed by atoms with Crippen molar-refractivity contribution in [1.82, 2.24) is 9.80 Å². The Morgan fingerprint density at radius 1 is 0.946 bits per heavy atom. The molecule has 5 heteroatoms. The van der Waals surface area contributed by atoms with Gasteiger partial charge in [0.2, 0.25) is 0 Å². The van der Waals surface area contributed by atoms with Crippen LogP contribution in [-0.2, 0) is 0 Å². The van der Waals surface area contributed by atoms with Crippen molar-refractivity contribution in [3.63, 3.8) is 0 Å². The Hall–Kier alpha value is -3.15. The average molecular weight is 511 g/mol. The van der Waals surface area contributed by atoms with E-state index in [0.29, 0.717) is 17.8 Å². The van der Waals surface area contributed by atoms with Crippen LogP contribution in [0.1, 0.15) is 46.2 Å². The number of hydrogen-bond donors (Lipinski definition) is 0. The van der Waals surface area contributed by atoms with Gasteiger partial charge < -0.3 is 14.5 Å². The minimum Gasteiger partial charge on any atom is -0.497 e. The largest absolute Gasteiger partial charge is 0.497 e. The second-order valence-electron chi connectivity index (χ2n) is 10.5. The predicted molar refractivity (Wildman–Crippen MR) is 152 cm³/mol. The highest BCUT2D eigenvalue weighted by molar-refractivity contribution is 7.08. The van der Waals surface area contributed by atoms with Crippen molar-refractivity contribution in [2.45, 2.75) is 24.7 Å². The van der Waals surface area contributed by atoms with E-state index in [9.17, 15) is 4.79 Å². The molecule has 0 spiro atoms. The van der Waals surface area contributed by atoms with E-state index in [4.69, 9.17) is 4.74 Å². The number of carbonyl (C=O) groups is 1. The Morgan fingerprint density at radius 2 is 1.78 bits per heavy atom. The molecule has 4 nitrogen and oxygen atoms in total. The molecule has 190 valence electrons. The Morgan fingerprint density at radius 3 is 2.54 bits per heavy atom. The Bertz CT molecular complexity index is 1350. The Balaban J connectivity index is 1.18. The van der Waals surface area contributed by atoms with Crippen LogP contribution in [-0.4, -0.2) is 55.5 Å². The second-order valence-corrected chi connectivity index (χ2v) is 11.3. The second kappa shape index (κ2) is 10.7. The van der Waals surface area contributed by atoms with Crippen molar-refractivity contribution in [2.75, 3.05) is 39.8 Å². The molecule has 2 unspecified atom stereocenters. The fourth-order valence-corrected chi connectivity index (χ4v) is 7.06. The molecule has 0 saturated carbocycles. The van der Waals surface area contributed by atoms with Gasteiger partial charge >= 0.3 is 0 Å². The number of piperidine rings is 1. The number of fused-ring (bicyclic) bond motifs is 1. The average Bonchev–Trinajstić information content (AvgIpc) is 3.63. The molecule has 3 aromatic carbocycles. The number of amides is 1. The van der Waals surface area contributed by atoms with Gasteiger partial charge in [0.15, 0.2) is 0 Å². The normalized spacial score (nSPS) is 20.9. The van der Waals surface area contributed by atoms with Crippen LogP contribution in [0.3, 0.4) is 0 Å². The number of likely N-dealkylation sites (tertiary alicyclic amines) is 2. The summed E-state index contributed by atoms with van der Waals surface area (Å²) in [6, 6.07) is 25.2. The molecular formula is C32H34N2O2S. The fraction of sp³-hybridized carbons (Fsp3) is 0.344. The van der Waals surface area contributed by atoms with Gasteiger partial charge in [-0.3, -0.25) is 4.79 Å². The third kappa shape index (κ3) is 5.03. The van der Waals surface area contributed by atoms with Gasteiger partial charge in [0.05, 0.1) is 7.11 Å². The lowest BCUT2D eigenvalue weighted by Crippen LogP contribution is -2.38.